The Hall–Kier alpha value is -0.923. The summed E-state index contributed by atoms with van der Waals surface area (Å²) in [5.74, 6) is 9.16. The van der Waals surface area contributed by atoms with E-state index in [2.05, 4.69) is 63.7 Å². The molecule has 0 aliphatic heterocycles. The van der Waals surface area contributed by atoms with Crippen molar-refractivity contribution in [1.82, 2.24) is 0 Å². The van der Waals surface area contributed by atoms with Crippen LogP contribution in [0, 0.1) is 28.7 Å². The highest BCUT2D eigenvalue weighted by Gasteiger charge is 2.06. The topological polar surface area (TPSA) is 0 Å². The molecule has 0 N–H and O–H groups in total. The summed E-state index contributed by atoms with van der Waals surface area (Å²) in [6.07, 6.45) is 3.68. The fraction of sp³-hybridized carbons (Fsp3) is 0.538. The standard InChI is InChI=1S/C13H20Si/c1-13(2,3)11-9-7-8-10-12-14(4,5)6/h7-8H,1-6H3/b8-7+. The zero-order valence-electron chi connectivity index (χ0n) is 10.2. The Labute approximate surface area is 89.8 Å². The second kappa shape index (κ2) is 5.08. The van der Waals surface area contributed by atoms with Gasteiger partial charge in [-0.1, -0.05) is 37.4 Å². The van der Waals surface area contributed by atoms with Crippen molar-refractivity contribution in [3.05, 3.63) is 12.2 Å². The molecule has 0 aromatic heterocycles. The van der Waals surface area contributed by atoms with Crippen molar-refractivity contribution in [2.45, 2.75) is 40.4 Å². The maximum Gasteiger partial charge on any atom is 0.129 e. The predicted molar refractivity (Wildman–Crippen MR) is 67.5 cm³/mol. The van der Waals surface area contributed by atoms with Crippen LogP contribution in [0.2, 0.25) is 19.6 Å². The Morgan fingerprint density at radius 2 is 1.43 bits per heavy atom. The summed E-state index contributed by atoms with van der Waals surface area (Å²) in [6.45, 7) is 13.0. The van der Waals surface area contributed by atoms with Crippen molar-refractivity contribution in [1.29, 1.82) is 0 Å². The summed E-state index contributed by atoms with van der Waals surface area (Å²) < 4.78 is 0. The van der Waals surface area contributed by atoms with Crippen LogP contribution in [0.3, 0.4) is 0 Å². The van der Waals surface area contributed by atoms with E-state index >= 15 is 0 Å². The normalized spacial score (nSPS) is 11.6. The maximum absolute atomic E-state index is 3.25. The molecule has 1 heteroatoms. The lowest BCUT2D eigenvalue weighted by molar-refractivity contribution is 0.571. The second-order valence-corrected chi connectivity index (χ2v) is 10.1. The van der Waals surface area contributed by atoms with Gasteiger partial charge in [0, 0.05) is 5.41 Å². The first kappa shape index (κ1) is 13.1. The smallest absolute Gasteiger partial charge is 0.127 e. The van der Waals surface area contributed by atoms with E-state index in [1.54, 1.807) is 0 Å². The van der Waals surface area contributed by atoms with E-state index in [0.29, 0.717) is 0 Å². The van der Waals surface area contributed by atoms with Crippen molar-refractivity contribution in [3.8, 4) is 23.3 Å². The van der Waals surface area contributed by atoms with Crippen LogP contribution in [0.4, 0.5) is 0 Å². The number of hydrogen-bond acceptors (Lipinski definition) is 0. The molecule has 0 rings (SSSR count). The lowest BCUT2D eigenvalue weighted by Gasteiger charge is -2.05. The highest BCUT2D eigenvalue weighted by Crippen LogP contribution is 2.09. The SMILES string of the molecule is CC(C)(C)C#C/C=C/C#C[Si](C)(C)C. The molecule has 0 unspecified atom stereocenters. The molecule has 0 aliphatic rings. The third-order valence-corrected chi connectivity index (χ3v) is 2.04. The van der Waals surface area contributed by atoms with Crippen LogP contribution in [0.25, 0.3) is 0 Å². The molecule has 0 aromatic carbocycles. The van der Waals surface area contributed by atoms with E-state index in [-0.39, 0.29) is 5.41 Å². The largest absolute Gasteiger partial charge is 0.129 e. The molecule has 0 spiro atoms. The molecule has 0 radical (unpaired) electrons. The van der Waals surface area contributed by atoms with Gasteiger partial charge in [0.05, 0.1) is 0 Å². The van der Waals surface area contributed by atoms with Crippen LogP contribution < -0.4 is 0 Å². The Morgan fingerprint density at radius 3 is 1.86 bits per heavy atom. The summed E-state index contributed by atoms with van der Waals surface area (Å²) >= 11 is 0. The van der Waals surface area contributed by atoms with Crippen molar-refractivity contribution in [2.75, 3.05) is 0 Å². The fourth-order valence-electron chi connectivity index (χ4n) is 0.600. The van der Waals surface area contributed by atoms with E-state index in [1.165, 1.54) is 0 Å². The van der Waals surface area contributed by atoms with Gasteiger partial charge >= 0.3 is 0 Å². The van der Waals surface area contributed by atoms with E-state index in [9.17, 15) is 0 Å². The Kier molecular flexibility index (Phi) is 4.75. The van der Waals surface area contributed by atoms with Gasteiger partial charge in [0.1, 0.15) is 8.07 Å². The third kappa shape index (κ3) is 11.1. The average molecular weight is 204 g/mol. The first-order chi connectivity index (χ1) is 6.21. The molecule has 0 saturated heterocycles. The third-order valence-electron chi connectivity index (χ3n) is 1.14. The average Bonchev–Trinajstić information content (AvgIpc) is 1.92. The van der Waals surface area contributed by atoms with Gasteiger partial charge in [0.2, 0.25) is 0 Å². The minimum absolute atomic E-state index is 0.0799. The molecule has 14 heavy (non-hydrogen) atoms. The fourth-order valence-corrected chi connectivity index (χ4v) is 1.12. The van der Waals surface area contributed by atoms with Crippen LogP contribution >= 0.6 is 0 Å². The molecule has 0 heterocycles. The molecular weight excluding hydrogens is 184 g/mol. The van der Waals surface area contributed by atoms with Gasteiger partial charge in [-0.3, -0.25) is 0 Å². The summed E-state index contributed by atoms with van der Waals surface area (Å²) in [5, 5.41) is 0. The van der Waals surface area contributed by atoms with Crippen molar-refractivity contribution in [3.63, 3.8) is 0 Å². The molecule has 0 bridgehead atoms. The zero-order chi connectivity index (χ0) is 11.2. The minimum Gasteiger partial charge on any atom is -0.127 e. The molecule has 0 aromatic rings. The summed E-state index contributed by atoms with van der Waals surface area (Å²) in [6, 6.07) is 0. The Balaban J connectivity index is 4.20. The van der Waals surface area contributed by atoms with Crippen molar-refractivity contribution in [2.24, 2.45) is 5.41 Å². The van der Waals surface area contributed by atoms with E-state index in [1.807, 2.05) is 12.2 Å². The van der Waals surface area contributed by atoms with Crippen LogP contribution in [-0.2, 0) is 0 Å². The van der Waals surface area contributed by atoms with Gasteiger partial charge in [0.15, 0.2) is 0 Å². The molecule has 0 fully saturated rings. The van der Waals surface area contributed by atoms with Crippen LogP contribution in [0.5, 0.6) is 0 Å². The van der Waals surface area contributed by atoms with Gasteiger partial charge in [-0.25, -0.2) is 0 Å². The highest BCUT2D eigenvalue weighted by molar-refractivity contribution is 6.83. The second-order valence-electron chi connectivity index (χ2n) is 5.37. The maximum atomic E-state index is 3.25. The lowest BCUT2D eigenvalue weighted by Crippen LogP contribution is -2.16. The Bertz CT molecular complexity index is 279. The van der Waals surface area contributed by atoms with Crippen molar-refractivity contribution < 1.29 is 0 Å². The lowest BCUT2D eigenvalue weighted by atomic mass is 9.98. The zero-order valence-corrected chi connectivity index (χ0v) is 11.2. The summed E-state index contributed by atoms with van der Waals surface area (Å²) in [5.41, 5.74) is 3.33. The molecule has 0 saturated carbocycles. The Morgan fingerprint density at radius 1 is 0.929 bits per heavy atom. The first-order valence-corrected chi connectivity index (χ1v) is 8.41. The van der Waals surface area contributed by atoms with Crippen molar-refractivity contribution >= 4 is 8.07 Å². The molecule has 76 valence electrons. The van der Waals surface area contributed by atoms with Gasteiger partial charge in [-0.05, 0) is 32.9 Å². The van der Waals surface area contributed by atoms with Gasteiger partial charge in [-0.2, -0.15) is 0 Å². The predicted octanol–water partition coefficient (Wildman–Crippen LogP) is 3.47. The highest BCUT2D eigenvalue weighted by atomic mass is 28.3. The molecular formula is C13H20Si. The van der Waals surface area contributed by atoms with Gasteiger partial charge in [0.25, 0.3) is 0 Å². The number of hydrogen-bond donors (Lipinski definition) is 0. The van der Waals surface area contributed by atoms with Crippen LogP contribution in [-0.4, -0.2) is 8.07 Å². The van der Waals surface area contributed by atoms with E-state index < -0.39 is 8.07 Å². The van der Waals surface area contributed by atoms with Crippen LogP contribution in [0.15, 0.2) is 12.2 Å². The molecule has 0 nitrogen and oxygen atoms in total. The number of rotatable bonds is 0. The van der Waals surface area contributed by atoms with Gasteiger partial charge in [-0.15, -0.1) is 5.54 Å². The monoisotopic (exact) mass is 204 g/mol. The van der Waals surface area contributed by atoms with Crippen LogP contribution in [0.1, 0.15) is 20.8 Å². The molecule has 0 amide bonds. The van der Waals surface area contributed by atoms with Gasteiger partial charge < -0.3 is 0 Å². The van der Waals surface area contributed by atoms with E-state index in [0.717, 1.165) is 0 Å². The molecule has 0 aliphatic carbocycles. The molecule has 0 atom stereocenters. The minimum atomic E-state index is -1.21. The quantitative estimate of drug-likeness (QED) is 0.419. The summed E-state index contributed by atoms with van der Waals surface area (Å²) in [7, 11) is -1.21. The summed E-state index contributed by atoms with van der Waals surface area (Å²) in [4.78, 5) is 0. The number of allylic oxidation sites excluding steroid dienone is 2. The first-order valence-electron chi connectivity index (χ1n) is 4.91. The van der Waals surface area contributed by atoms with E-state index in [4.69, 9.17) is 0 Å².